The maximum Gasteiger partial charge on any atom is 0.0459 e. The average molecular weight is 363 g/mol. The Morgan fingerprint density at radius 3 is 1.92 bits per heavy atom. The number of aliphatic hydroxyl groups excluding tert-OH is 1. The van der Waals surface area contributed by atoms with Crippen molar-refractivity contribution >= 4 is 0 Å². The predicted molar refractivity (Wildman–Crippen MR) is 112 cm³/mol. The molecule has 1 N–H and O–H groups in total. The molecule has 0 saturated heterocycles. The molecule has 0 bridgehead atoms. The van der Waals surface area contributed by atoms with E-state index in [2.05, 4.69) is 13.8 Å². The zero-order chi connectivity index (χ0) is 18.4. The molecule has 0 aromatic heterocycles. The highest BCUT2D eigenvalue weighted by Gasteiger charge is 2.38. The first kappa shape index (κ1) is 20.7. The minimum atomic E-state index is 0.428. The van der Waals surface area contributed by atoms with Crippen LogP contribution in [0.4, 0.5) is 0 Å². The van der Waals surface area contributed by atoms with Crippen LogP contribution in [0.25, 0.3) is 0 Å². The van der Waals surface area contributed by atoms with Crippen LogP contribution in [-0.2, 0) is 0 Å². The lowest BCUT2D eigenvalue weighted by Gasteiger charge is -2.45. The lowest BCUT2D eigenvalue weighted by atomic mass is 9.60. The van der Waals surface area contributed by atoms with Gasteiger partial charge in [-0.05, 0) is 99.2 Å². The second-order valence-corrected chi connectivity index (χ2v) is 10.3. The number of unbranched alkanes of at least 4 members (excludes halogenated alkanes) is 1. The Bertz CT molecular complexity index is 376. The van der Waals surface area contributed by atoms with Gasteiger partial charge in [-0.1, -0.05) is 52.4 Å². The van der Waals surface area contributed by atoms with Crippen molar-refractivity contribution in [3.8, 4) is 0 Å². The largest absolute Gasteiger partial charge is 0.396 e. The summed E-state index contributed by atoms with van der Waals surface area (Å²) in [6.45, 7) is 5.23. The van der Waals surface area contributed by atoms with E-state index in [1.807, 2.05) is 0 Å². The molecule has 0 heterocycles. The maximum atomic E-state index is 9.43. The fraction of sp³-hybridized carbons (Fsp3) is 1.00. The quantitative estimate of drug-likeness (QED) is 0.506. The number of rotatable bonds is 7. The first-order valence-corrected chi connectivity index (χ1v) is 12.4. The van der Waals surface area contributed by atoms with Crippen molar-refractivity contribution in [1.29, 1.82) is 0 Å². The molecular formula is C25H46O. The minimum absolute atomic E-state index is 0.428. The van der Waals surface area contributed by atoms with E-state index in [1.165, 1.54) is 77.0 Å². The molecule has 0 aromatic carbocycles. The van der Waals surface area contributed by atoms with E-state index in [0.717, 1.165) is 35.5 Å². The van der Waals surface area contributed by atoms with Crippen LogP contribution in [0.3, 0.4) is 0 Å². The van der Waals surface area contributed by atoms with Crippen LogP contribution in [0, 0.1) is 41.4 Å². The molecule has 0 aromatic rings. The fourth-order valence-corrected chi connectivity index (χ4v) is 7.08. The number of hydrogen-bond donors (Lipinski definition) is 1. The molecule has 3 saturated carbocycles. The standard InChI is InChI=1S/C25H46O/c1-3-5-6-19-7-11-22(12-8-19)24-15-16-25(21(4-2)17-24)23-13-9-20(18-26)10-14-23/h19-26H,3-18H2,1-2H3. The van der Waals surface area contributed by atoms with Crippen LogP contribution in [-0.4, -0.2) is 11.7 Å². The Balaban J connectivity index is 1.46. The van der Waals surface area contributed by atoms with E-state index < -0.39 is 0 Å². The van der Waals surface area contributed by atoms with Gasteiger partial charge < -0.3 is 5.11 Å². The normalized spacial score (nSPS) is 41.9. The first-order valence-electron chi connectivity index (χ1n) is 12.4. The van der Waals surface area contributed by atoms with Crippen molar-refractivity contribution < 1.29 is 5.11 Å². The summed E-state index contributed by atoms with van der Waals surface area (Å²) in [7, 11) is 0. The molecule has 0 amide bonds. The van der Waals surface area contributed by atoms with Gasteiger partial charge in [0.05, 0.1) is 0 Å². The van der Waals surface area contributed by atoms with E-state index in [9.17, 15) is 5.11 Å². The van der Waals surface area contributed by atoms with Crippen LogP contribution in [0.2, 0.25) is 0 Å². The number of hydrogen-bond acceptors (Lipinski definition) is 1. The van der Waals surface area contributed by atoms with E-state index in [0.29, 0.717) is 12.5 Å². The summed E-state index contributed by atoms with van der Waals surface area (Å²) in [6.07, 6.45) is 21.9. The fourth-order valence-electron chi connectivity index (χ4n) is 7.08. The third-order valence-electron chi connectivity index (χ3n) is 8.89. The Morgan fingerprint density at radius 2 is 1.31 bits per heavy atom. The third-order valence-corrected chi connectivity index (χ3v) is 8.89. The Kier molecular flexibility index (Phi) is 8.35. The molecule has 3 fully saturated rings. The molecule has 0 radical (unpaired) electrons. The summed E-state index contributed by atoms with van der Waals surface area (Å²) in [6, 6.07) is 0. The van der Waals surface area contributed by atoms with E-state index in [-0.39, 0.29) is 0 Å². The van der Waals surface area contributed by atoms with Crippen LogP contribution >= 0.6 is 0 Å². The first-order chi connectivity index (χ1) is 12.7. The van der Waals surface area contributed by atoms with Crippen molar-refractivity contribution in [3.05, 3.63) is 0 Å². The lowest BCUT2D eigenvalue weighted by molar-refractivity contribution is 0.0473. The van der Waals surface area contributed by atoms with Gasteiger partial charge in [-0.15, -0.1) is 0 Å². The van der Waals surface area contributed by atoms with Gasteiger partial charge in [0.2, 0.25) is 0 Å². The molecule has 0 spiro atoms. The van der Waals surface area contributed by atoms with Crippen molar-refractivity contribution in [2.45, 2.75) is 110 Å². The molecule has 152 valence electrons. The molecule has 1 heteroatoms. The summed E-state index contributed by atoms with van der Waals surface area (Å²) in [4.78, 5) is 0. The van der Waals surface area contributed by atoms with E-state index >= 15 is 0 Å². The van der Waals surface area contributed by atoms with Crippen LogP contribution in [0.1, 0.15) is 110 Å². The van der Waals surface area contributed by atoms with Gasteiger partial charge in [-0.25, -0.2) is 0 Å². The van der Waals surface area contributed by atoms with Gasteiger partial charge in [-0.3, -0.25) is 0 Å². The van der Waals surface area contributed by atoms with Crippen LogP contribution < -0.4 is 0 Å². The average Bonchev–Trinajstić information content (AvgIpc) is 2.72. The van der Waals surface area contributed by atoms with Gasteiger partial charge in [0.1, 0.15) is 0 Å². The molecule has 3 aliphatic carbocycles. The third kappa shape index (κ3) is 5.27. The van der Waals surface area contributed by atoms with Crippen LogP contribution in [0.15, 0.2) is 0 Å². The van der Waals surface area contributed by atoms with Crippen molar-refractivity contribution in [2.75, 3.05) is 6.61 Å². The highest BCUT2D eigenvalue weighted by atomic mass is 16.3. The zero-order valence-corrected chi connectivity index (χ0v) is 17.8. The van der Waals surface area contributed by atoms with E-state index in [1.54, 1.807) is 19.3 Å². The van der Waals surface area contributed by atoms with Gasteiger partial charge in [0.25, 0.3) is 0 Å². The van der Waals surface area contributed by atoms with Crippen molar-refractivity contribution in [3.63, 3.8) is 0 Å². The molecule has 3 atom stereocenters. The summed E-state index contributed by atoms with van der Waals surface area (Å²) in [5.41, 5.74) is 0. The monoisotopic (exact) mass is 362 g/mol. The Labute approximate surface area is 163 Å². The predicted octanol–water partition coefficient (Wildman–Crippen LogP) is 7.22. The molecule has 3 unspecified atom stereocenters. The minimum Gasteiger partial charge on any atom is -0.396 e. The van der Waals surface area contributed by atoms with Crippen molar-refractivity contribution in [1.82, 2.24) is 0 Å². The summed E-state index contributed by atoms with van der Waals surface area (Å²) in [5, 5.41) is 9.43. The van der Waals surface area contributed by atoms with Crippen LogP contribution in [0.5, 0.6) is 0 Å². The topological polar surface area (TPSA) is 20.2 Å². The smallest absolute Gasteiger partial charge is 0.0459 e. The van der Waals surface area contributed by atoms with Gasteiger partial charge >= 0.3 is 0 Å². The van der Waals surface area contributed by atoms with Gasteiger partial charge in [-0.2, -0.15) is 0 Å². The Hall–Kier alpha value is -0.0400. The molecular weight excluding hydrogens is 316 g/mol. The molecule has 1 nitrogen and oxygen atoms in total. The zero-order valence-electron chi connectivity index (χ0n) is 17.8. The summed E-state index contributed by atoms with van der Waals surface area (Å²) < 4.78 is 0. The van der Waals surface area contributed by atoms with Crippen molar-refractivity contribution in [2.24, 2.45) is 41.4 Å². The SMILES string of the molecule is CCCCC1CCC(C2CCC(C3CCC(CO)CC3)C(CC)C2)CC1. The molecule has 3 rings (SSSR count). The van der Waals surface area contributed by atoms with E-state index in [4.69, 9.17) is 0 Å². The molecule has 3 aliphatic rings. The lowest BCUT2D eigenvalue weighted by Crippen LogP contribution is -2.35. The highest BCUT2D eigenvalue weighted by Crippen LogP contribution is 2.49. The Morgan fingerprint density at radius 1 is 0.692 bits per heavy atom. The van der Waals surface area contributed by atoms with Gasteiger partial charge in [0, 0.05) is 6.61 Å². The van der Waals surface area contributed by atoms with Gasteiger partial charge in [0.15, 0.2) is 0 Å². The summed E-state index contributed by atoms with van der Waals surface area (Å²) in [5.74, 6) is 6.79. The number of aliphatic hydroxyl groups is 1. The second-order valence-electron chi connectivity index (χ2n) is 10.3. The molecule has 0 aliphatic heterocycles. The second kappa shape index (κ2) is 10.5. The maximum absolute atomic E-state index is 9.43. The summed E-state index contributed by atoms with van der Waals surface area (Å²) >= 11 is 0. The molecule has 26 heavy (non-hydrogen) atoms. The highest BCUT2D eigenvalue weighted by molar-refractivity contribution is 4.89.